The van der Waals surface area contributed by atoms with Crippen LogP contribution in [-0.4, -0.2) is 43.3 Å². The van der Waals surface area contributed by atoms with E-state index in [1.807, 2.05) is 0 Å². The fourth-order valence-electron chi connectivity index (χ4n) is 2.50. The van der Waals surface area contributed by atoms with Crippen LogP contribution in [0.1, 0.15) is 25.7 Å². The molecule has 2 aliphatic rings. The van der Waals surface area contributed by atoms with Gasteiger partial charge in [0.15, 0.2) is 0 Å². The van der Waals surface area contributed by atoms with Crippen molar-refractivity contribution in [3.8, 4) is 0 Å². The van der Waals surface area contributed by atoms with E-state index in [0.717, 1.165) is 13.2 Å². The zero-order valence-corrected chi connectivity index (χ0v) is 8.41. The summed E-state index contributed by atoms with van der Waals surface area (Å²) in [6.07, 6.45) is 4.84. The third-order valence-electron chi connectivity index (χ3n) is 3.50. The Hall–Kier alpha value is -0.120. The maximum absolute atomic E-state index is 5.90. The minimum absolute atomic E-state index is 0.440. The molecular weight excluding hydrogens is 164 g/mol. The summed E-state index contributed by atoms with van der Waals surface area (Å²) in [7, 11) is 2.22. The van der Waals surface area contributed by atoms with E-state index < -0.39 is 0 Å². The lowest BCUT2D eigenvalue weighted by Gasteiger charge is -2.29. The molecule has 1 aliphatic carbocycles. The molecule has 0 aromatic carbocycles. The molecule has 1 saturated heterocycles. The molecule has 2 rings (SSSR count). The monoisotopic (exact) mass is 184 g/mol. The van der Waals surface area contributed by atoms with Gasteiger partial charge in [-0.25, -0.2) is 0 Å². The van der Waals surface area contributed by atoms with E-state index in [4.69, 9.17) is 10.5 Å². The molecule has 1 aliphatic heterocycles. The Bertz CT molecular complexity index is 168. The highest BCUT2D eigenvalue weighted by Gasteiger charge is 2.30. The Balaban J connectivity index is 1.85. The van der Waals surface area contributed by atoms with E-state index in [9.17, 15) is 0 Å². The summed E-state index contributed by atoms with van der Waals surface area (Å²) in [5, 5.41) is 0. The van der Waals surface area contributed by atoms with Gasteiger partial charge in [0.1, 0.15) is 0 Å². The van der Waals surface area contributed by atoms with Gasteiger partial charge in [-0.15, -0.1) is 0 Å². The van der Waals surface area contributed by atoms with Crippen LogP contribution in [0, 0.1) is 0 Å². The van der Waals surface area contributed by atoms with Crippen molar-refractivity contribution in [2.24, 2.45) is 5.73 Å². The number of nitrogens with two attached hydrogens (primary N) is 1. The van der Waals surface area contributed by atoms with Gasteiger partial charge in [-0.05, 0) is 32.7 Å². The van der Waals surface area contributed by atoms with Crippen LogP contribution in [-0.2, 0) is 4.74 Å². The first kappa shape index (κ1) is 9.44. The molecule has 3 nitrogen and oxygen atoms in total. The highest BCUT2D eigenvalue weighted by molar-refractivity contribution is 4.87. The lowest BCUT2D eigenvalue weighted by atomic mass is 10.1. The van der Waals surface area contributed by atoms with Crippen molar-refractivity contribution in [3.05, 3.63) is 0 Å². The van der Waals surface area contributed by atoms with Crippen molar-refractivity contribution in [1.82, 2.24) is 4.90 Å². The third kappa shape index (κ3) is 2.03. The van der Waals surface area contributed by atoms with Crippen LogP contribution >= 0.6 is 0 Å². The van der Waals surface area contributed by atoms with Crippen molar-refractivity contribution < 1.29 is 4.74 Å². The lowest BCUT2D eigenvalue weighted by Crippen LogP contribution is -2.39. The summed E-state index contributed by atoms with van der Waals surface area (Å²) < 4.78 is 5.39. The number of ether oxygens (including phenoxy) is 1. The second kappa shape index (κ2) is 3.95. The number of hydrogen-bond acceptors (Lipinski definition) is 3. The number of hydrogen-bond donors (Lipinski definition) is 1. The molecule has 2 N–H and O–H groups in total. The second-order valence-electron chi connectivity index (χ2n) is 4.41. The quantitative estimate of drug-likeness (QED) is 0.682. The average molecular weight is 184 g/mol. The Kier molecular flexibility index (Phi) is 2.86. The summed E-state index contributed by atoms with van der Waals surface area (Å²) in [6, 6.07) is 1.80. The molecular formula is C10H20N2O. The Morgan fingerprint density at radius 2 is 2.08 bits per heavy atom. The molecule has 3 heteroatoms. The van der Waals surface area contributed by atoms with Crippen molar-refractivity contribution >= 4 is 0 Å². The van der Waals surface area contributed by atoms with Crippen molar-refractivity contribution in [1.29, 1.82) is 0 Å². The van der Waals surface area contributed by atoms with Crippen LogP contribution in [0.4, 0.5) is 0 Å². The first-order valence-corrected chi connectivity index (χ1v) is 5.32. The summed E-state index contributed by atoms with van der Waals surface area (Å²) >= 11 is 0. The molecule has 2 fully saturated rings. The molecule has 1 heterocycles. The van der Waals surface area contributed by atoms with E-state index in [0.29, 0.717) is 18.1 Å². The minimum atomic E-state index is 0.440. The fraction of sp³-hybridized carbons (Fsp3) is 1.00. The normalized spacial score (nSPS) is 40.4. The predicted molar refractivity (Wildman–Crippen MR) is 52.6 cm³/mol. The van der Waals surface area contributed by atoms with Crippen LogP contribution in [0.25, 0.3) is 0 Å². The smallest absolute Gasteiger partial charge is 0.0622 e. The molecule has 1 saturated carbocycles. The Labute approximate surface area is 80.2 Å². The molecule has 0 amide bonds. The maximum atomic E-state index is 5.90. The first-order valence-electron chi connectivity index (χ1n) is 5.32. The molecule has 0 spiro atoms. The molecule has 0 aromatic rings. The van der Waals surface area contributed by atoms with E-state index in [1.165, 1.54) is 25.7 Å². The summed E-state index contributed by atoms with van der Waals surface area (Å²) in [5.41, 5.74) is 5.90. The van der Waals surface area contributed by atoms with Gasteiger partial charge >= 0.3 is 0 Å². The summed E-state index contributed by atoms with van der Waals surface area (Å²) in [6.45, 7) is 1.86. The zero-order chi connectivity index (χ0) is 9.26. The topological polar surface area (TPSA) is 38.5 Å². The van der Waals surface area contributed by atoms with Gasteiger partial charge in [0, 0.05) is 24.7 Å². The molecule has 0 aromatic heterocycles. The van der Waals surface area contributed by atoms with E-state index in [2.05, 4.69) is 11.9 Å². The van der Waals surface area contributed by atoms with E-state index in [-0.39, 0.29) is 0 Å². The van der Waals surface area contributed by atoms with Gasteiger partial charge in [0.25, 0.3) is 0 Å². The second-order valence-corrected chi connectivity index (χ2v) is 4.41. The first-order chi connectivity index (χ1) is 6.27. The Morgan fingerprint density at radius 3 is 2.62 bits per heavy atom. The van der Waals surface area contributed by atoms with Gasteiger partial charge in [-0.2, -0.15) is 0 Å². The number of likely N-dealkylation sites (N-methyl/N-ethyl adjacent to an activating group) is 1. The highest BCUT2D eigenvalue weighted by atomic mass is 16.5. The van der Waals surface area contributed by atoms with Gasteiger partial charge in [-0.3, -0.25) is 4.90 Å². The van der Waals surface area contributed by atoms with E-state index >= 15 is 0 Å². The molecule has 3 unspecified atom stereocenters. The van der Waals surface area contributed by atoms with Crippen LogP contribution in [0.15, 0.2) is 0 Å². The van der Waals surface area contributed by atoms with Gasteiger partial charge in [0.05, 0.1) is 6.61 Å². The molecule has 3 atom stereocenters. The summed E-state index contributed by atoms with van der Waals surface area (Å²) in [4.78, 5) is 2.49. The molecule has 0 radical (unpaired) electrons. The predicted octanol–water partition coefficient (Wildman–Crippen LogP) is 0.587. The maximum Gasteiger partial charge on any atom is 0.0622 e. The van der Waals surface area contributed by atoms with E-state index in [1.54, 1.807) is 0 Å². The standard InChI is InChI=1S/C10H20N2O/c1-12(10-4-5-13-7-10)9-3-2-8(11)6-9/h8-10H,2-7,11H2,1H3. The fourth-order valence-corrected chi connectivity index (χ4v) is 2.50. The largest absolute Gasteiger partial charge is 0.380 e. The Morgan fingerprint density at radius 1 is 1.23 bits per heavy atom. The third-order valence-corrected chi connectivity index (χ3v) is 3.50. The number of rotatable bonds is 2. The minimum Gasteiger partial charge on any atom is -0.380 e. The van der Waals surface area contributed by atoms with Gasteiger partial charge in [0.2, 0.25) is 0 Å². The van der Waals surface area contributed by atoms with Crippen LogP contribution < -0.4 is 5.73 Å². The van der Waals surface area contributed by atoms with Gasteiger partial charge in [-0.1, -0.05) is 0 Å². The highest BCUT2D eigenvalue weighted by Crippen LogP contribution is 2.25. The van der Waals surface area contributed by atoms with Crippen molar-refractivity contribution in [3.63, 3.8) is 0 Å². The van der Waals surface area contributed by atoms with Crippen LogP contribution in [0.3, 0.4) is 0 Å². The van der Waals surface area contributed by atoms with Gasteiger partial charge < -0.3 is 10.5 Å². The van der Waals surface area contributed by atoms with Crippen molar-refractivity contribution in [2.45, 2.75) is 43.8 Å². The summed E-state index contributed by atoms with van der Waals surface area (Å²) in [5.74, 6) is 0. The lowest BCUT2D eigenvalue weighted by molar-refractivity contribution is 0.133. The molecule has 13 heavy (non-hydrogen) atoms. The van der Waals surface area contributed by atoms with Crippen LogP contribution in [0.2, 0.25) is 0 Å². The zero-order valence-electron chi connectivity index (χ0n) is 8.41. The van der Waals surface area contributed by atoms with Crippen LogP contribution in [0.5, 0.6) is 0 Å². The molecule has 76 valence electrons. The average Bonchev–Trinajstić information content (AvgIpc) is 2.72. The SMILES string of the molecule is CN(C1CCOC1)C1CCC(N)C1. The van der Waals surface area contributed by atoms with Crippen molar-refractivity contribution in [2.75, 3.05) is 20.3 Å². The molecule has 0 bridgehead atoms. The number of nitrogens with zero attached hydrogens (tertiary/aromatic N) is 1.